The highest BCUT2D eigenvalue weighted by Crippen LogP contribution is 2.49. The lowest BCUT2D eigenvalue weighted by molar-refractivity contribution is -0.130. The van der Waals surface area contributed by atoms with Gasteiger partial charge in [-0.2, -0.15) is 0 Å². The van der Waals surface area contributed by atoms with E-state index >= 15 is 0 Å². The molecule has 2 nitrogen and oxygen atoms in total. The normalized spacial score (nSPS) is 12.6. The summed E-state index contributed by atoms with van der Waals surface area (Å²) in [4.78, 5) is 10.7. The Labute approximate surface area is 100 Å². The molecule has 0 rings (SSSR count). The van der Waals surface area contributed by atoms with Crippen molar-refractivity contribution in [2.45, 2.75) is 64.6 Å². The highest BCUT2D eigenvalue weighted by atomic mass is 28.3. The first-order valence-electron chi connectivity index (χ1n) is 5.81. The summed E-state index contributed by atoms with van der Waals surface area (Å²) in [6, 6.07) is 0. The molecule has 0 radical (unpaired) electrons. The first-order valence-corrected chi connectivity index (χ1v) is 7.97. The Balaban J connectivity index is 5.68. The van der Waals surface area contributed by atoms with Gasteiger partial charge in [0, 0.05) is 5.92 Å². The lowest BCUT2D eigenvalue weighted by Crippen LogP contribution is -2.48. The second-order valence-electron chi connectivity index (χ2n) is 5.98. The zero-order valence-electron chi connectivity index (χ0n) is 11.5. The third-order valence-corrected chi connectivity index (χ3v) is 10.1. The van der Waals surface area contributed by atoms with Crippen LogP contribution in [0.2, 0.25) is 16.1 Å². The zero-order valence-corrected chi connectivity index (χ0v) is 12.5. The molecule has 0 aliphatic rings. The predicted molar refractivity (Wildman–Crippen MR) is 71.1 cm³/mol. The average Bonchev–Trinajstić information content (AvgIpc) is 1.99. The van der Waals surface area contributed by atoms with Gasteiger partial charge in [-0.3, -0.25) is 0 Å². The van der Waals surface area contributed by atoms with Crippen molar-refractivity contribution in [2.24, 2.45) is 0 Å². The molecule has 0 aliphatic heterocycles. The molecule has 0 saturated heterocycles. The van der Waals surface area contributed by atoms with Crippen LogP contribution in [0, 0.1) is 11.5 Å². The van der Waals surface area contributed by atoms with E-state index in [1.54, 1.807) is 0 Å². The van der Waals surface area contributed by atoms with Crippen molar-refractivity contribution < 1.29 is 9.90 Å². The van der Waals surface area contributed by atoms with Crippen LogP contribution in [-0.2, 0) is 4.79 Å². The third kappa shape index (κ3) is 2.88. The van der Waals surface area contributed by atoms with Crippen molar-refractivity contribution in [1.29, 1.82) is 0 Å². The monoisotopic (exact) mass is 240 g/mol. The van der Waals surface area contributed by atoms with Gasteiger partial charge in [0.2, 0.25) is 0 Å². The van der Waals surface area contributed by atoms with Gasteiger partial charge in [0.1, 0.15) is 8.07 Å². The molecule has 0 aliphatic carbocycles. The first kappa shape index (κ1) is 15.2. The summed E-state index contributed by atoms with van der Waals surface area (Å²) in [6.45, 7) is 15.3. The van der Waals surface area contributed by atoms with Crippen LogP contribution in [0.25, 0.3) is 0 Å². The Morgan fingerprint density at radius 1 is 1.12 bits per heavy atom. The van der Waals surface area contributed by atoms with Crippen LogP contribution in [0.1, 0.15) is 48.5 Å². The van der Waals surface area contributed by atoms with Crippen LogP contribution in [-0.4, -0.2) is 19.1 Å². The van der Waals surface area contributed by atoms with Gasteiger partial charge in [0.05, 0.1) is 0 Å². The molecule has 3 heteroatoms. The Hall–Kier alpha value is -0.753. The second-order valence-corrected chi connectivity index (χ2v) is 11.8. The highest BCUT2D eigenvalue weighted by Gasteiger charge is 2.48. The van der Waals surface area contributed by atoms with Crippen molar-refractivity contribution in [1.82, 2.24) is 0 Å². The van der Waals surface area contributed by atoms with E-state index in [-0.39, 0.29) is 5.04 Å². The van der Waals surface area contributed by atoms with Crippen LogP contribution in [0.4, 0.5) is 0 Å². The maximum atomic E-state index is 10.7. The molecule has 0 fully saturated rings. The summed E-state index contributed by atoms with van der Waals surface area (Å²) in [7, 11) is -1.96. The van der Waals surface area contributed by atoms with Gasteiger partial charge in [-0.15, -0.1) is 5.54 Å². The van der Waals surface area contributed by atoms with Crippen molar-refractivity contribution in [3.63, 3.8) is 0 Å². The van der Waals surface area contributed by atoms with E-state index in [1.165, 1.54) is 0 Å². The van der Waals surface area contributed by atoms with E-state index in [0.29, 0.717) is 11.1 Å². The summed E-state index contributed by atoms with van der Waals surface area (Å²) in [6.07, 6.45) is 0. The molecular formula is C13H24O2Si. The maximum Gasteiger partial charge on any atom is 0.381 e. The molecular weight excluding hydrogens is 216 g/mol. The zero-order chi connectivity index (χ0) is 13.1. The Kier molecular flexibility index (Phi) is 4.81. The van der Waals surface area contributed by atoms with Crippen LogP contribution in [0.5, 0.6) is 0 Å². The van der Waals surface area contributed by atoms with Crippen LogP contribution in [0.15, 0.2) is 0 Å². The summed E-state index contributed by atoms with van der Waals surface area (Å²) >= 11 is 0. The van der Waals surface area contributed by atoms with Gasteiger partial charge in [0.25, 0.3) is 0 Å². The van der Waals surface area contributed by atoms with Crippen molar-refractivity contribution in [2.75, 3.05) is 0 Å². The number of carboxylic acid groups (broad SMARTS) is 1. The predicted octanol–water partition coefficient (Wildman–Crippen LogP) is 3.68. The van der Waals surface area contributed by atoms with Crippen LogP contribution in [0.3, 0.4) is 0 Å². The van der Waals surface area contributed by atoms with Gasteiger partial charge in [-0.05, 0) is 16.1 Å². The molecule has 0 spiro atoms. The van der Waals surface area contributed by atoms with Crippen molar-refractivity contribution in [3.05, 3.63) is 0 Å². The molecule has 0 unspecified atom stereocenters. The van der Waals surface area contributed by atoms with E-state index in [2.05, 4.69) is 59.9 Å². The second kappa shape index (κ2) is 5.05. The van der Waals surface area contributed by atoms with Gasteiger partial charge in [-0.25, -0.2) is 4.79 Å². The van der Waals surface area contributed by atoms with E-state index in [9.17, 15) is 4.79 Å². The molecule has 1 N–H and O–H groups in total. The summed E-state index contributed by atoms with van der Waals surface area (Å²) in [5.41, 5.74) is 4.08. The van der Waals surface area contributed by atoms with Crippen molar-refractivity contribution >= 4 is 14.0 Å². The highest BCUT2D eigenvalue weighted by molar-refractivity contribution is 6.92. The molecule has 16 heavy (non-hydrogen) atoms. The Morgan fingerprint density at radius 2 is 1.50 bits per heavy atom. The van der Waals surface area contributed by atoms with Gasteiger partial charge >= 0.3 is 5.97 Å². The molecule has 0 aromatic heterocycles. The topological polar surface area (TPSA) is 37.3 Å². The van der Waals surface area contributed by atoms with Gasteiger partial charge in [-0.1, -0.05) is 48.5 Å². The van der Waals surface area contributed by atoms with Crippen LogP contribution >= 0.6 is 0 Å². The molecule has 0 aromatic carbocycles. The summed E-state index contributed by atoms with van der Waals surface area (Å²) < 4.78 is 0. The van der Waals surface area contributed by atoms with E-state index < -0.39 is 14.0 Å². The minimum atomic E-state index is -1.96. The smallest absolute Gasteiger partial charge is 0.381 e. The van der Waals surface area contributed by atoms with Crippen LogP contribution < -0.4 is 0 Å². The lowest BCUT2D eigenvalue weighted by atomic mass is 10.2. The van der Waals surface area contributed by atoms with Crippen molar-refractivity contribution in [3.8, 4) is 11.5 Å². The molecule has 92 valence electrons. The number of hydrogen-bond acceptors (Lipinski definition) is 1. The van der Waals surface area contributed by atoms with E-state index in [0.717, 1.165) is 0 Å². The molecule has 0 aromatic rings. The Morgan fingerprint density at radius 3 is 1.69 bits per heavy atom. The Bertz CT molecular complexity index is 305. The molecule has 0 amide bonds. The lowest BCUT2D eigenvalue weighted by Gasteiger charge is -2.45. The third-order valence-electron chi connectivity index (χ3n) is 3.44. The largest absolute Gasteiger partial charge is 0.472 e. The number of aliphatic carboxylic acids is 1. The van der Waals surface area contributed by atoms with E-state index in [1.807, 2.05) is 0 Å². The summed E-state index contributed by atoms with van der Waals surface area (Å²) in [5, 5.41) is 8.85. The minimum absolute atomic E-state index is 0.0950. The fourth-order valence-corrected chi connectivity index (χ4v) is 9.10. The molecule has 0 heterocycles. The number of carbonyl (C=O) groups is 1. The minimum Gasteiger partial charge on any atom is -0.472 e. The molecule has 0 bridgehead atoms. The fraction of sp³-hybridized carbons (Fsp3) is 0.769. The van der Waals surface area contributed by atoms with Gasteiger partial charge < -0.3 is 5.11 Å². The number of hydrogen-bond donors (Lipinski definition) is 1. The van der Waals surface area contributed by atoms with E-state index in [4.69, 9.17) is 5.11 Å². The molecule has 0 atom stereocenters. The quantitative estimate of drug-likeness (QED) is 0.590. The maximum absolute atomic E-state index is 10.7. The average molecular weight is 240 g/mol. The first-order chi connectivity index (χ1) is 7.05. The van der Waals surface area contributed by atoms with Gasteiger partial charge in [0.15, 0.2) is 0 Å². The number of rotatable bonds is 2. The fourth-order valence-electron chi connectivity index (χ4n) is 3.03. The number of carboxylic acids is 1. The standard InChI is InChI=1S/C13H24O2Si/c1-10(2)16(11(3)4,13(5,6)7)9-8-12(14)15/h10-11H,1-7H3,(H,14,15). The summed E-state index contributed by atoms with van der Waals surface area (Å²) in [5.74, 6) is 1.37. The molecule has 0 saturated carbocycles. The SMILES string of the molecule is CC(C)[Si](C#CC(=O)O)(C(C)C)C(C)(C)C.